The van der Waals surface area contributed by atoms with Gasteiger partial charge in [-0.1, -0.05) is 13.8 Å². The minimum atomic E-state index is -3.43. The van der Waals surface area contributed by atoms with Gasteiger partial charge in [-0.05, 0) is 12.0 Å². The Balaban J connectivity index is 2.23. The first-order chi connectivity index (χ1) is 8.87. The molecule has 2 aromatic heterocycles. The zero-order valence-electron chi connectivity index (χ0n) is 10.8. The molecule has 2 N–H and O–H groups in total. The third kappa shape index (κ3) is 3.68. The number of sulfonamides is 1. The molecule has 6 nitrogen and oxygen atoms in total. The Morgan fingerprint density at radius 2 is 2.21 bits per heavy atom. The number of nitrogens with zero attached hydrogens (tertiary/aromatic N) is 3. The molecular weight excluding hydrogens is 284 g/mol. The van der Waals surface area contributed by atoms with Crippen LogP contribution in [0.1, 0.15) is 25.5 Å². The molecule has 0 aliphatic carbocycles. The molecular formula is C11H16N4O2S2. The predicted octanol–water partition coefficient (Wildman–Crippen LogP) is 1.23. The Labute approximate surface area is 116 Å². The lowest BCUT2D eigenvalue weighted by molar-refractivity contribution is 0.599. The highest BCUT2D eigenvalue weighted by molar-refractivity contribution is 8.00. The number of fused-ring (bicyclic) bond motifs is 1. The molecule has 104 valence electrons. The molecule has 0 aliphatic rings. The van der Waals surface area contributed by atoms with Crippen molar-refractivity contribution in [2.24, 2.45) is 5.14 Å². The van der Waals surface area contributed by atoms with E-state index in [1.54, 1.807) is 16.9 Å². The summed E-state index contributed by atoms with van der Waals surface area (Å²) in [6.07, 6.45) is 3.44. The summed E-state index contributed by atoms with van der Waals surface area (Å²) in [5, 5.41) is 10.2. The van der Waals surface area contributed by atoms with Crippen LogP contribution >= 0.6 is 11.8 Å². The summed E-state index contributed by atoms with van der Waals surface area (Å²) in [5.74, 6) is 0.654. The van der Waals surface area contributed by atoms with Gasteiger partial charge in [-0.3, -0.25) is 0 Å². The van der Waals surface area contributed by atoms with E-state index in [1.165, 1.54) is 11.8 Å². The van der Waals surface area contributed by atoms with Crippen molar-refractivity contribution in [1.29, 1.82) is 0 Å². The summed E-state index contributed by atoms with van der Waals surface area (Å²) in [6.45, 7) is 4.14. The standard InChI is InChI=1S/C11H16N4O2S2/c1-8(2)9-7-10-11(13-3-4-15(10)14-9)18-5-6-19(12,16)17/h3-4,7-8H,5-6H2,1-2H3,(H2,12,16,17). The highest BCUT2D eigenvalue weighted by Crippen LogP contribution is 2.24. The van der Waals surface area contributed by atoms with E-state index in [0.717, 1.165) is 16.2 Å². The first-order valence-corrected chi connectivity index (χ1v) is 8.54. The topological polar surface area (TPSA) is 90.4 Å². The maximum atomic E-state index is 10.9. The molecule has 0 atom stereocenters. The van der Waals surface area contributed by atoms with Gasteiger partial charge in [-0.25, -0.2) is 23.1 Å². The first-order valence-electron chi connectivity index (χ1n) is 5.84. The average molecular weight is 300 g/mol. The molecule has 0 aliphatic heterocycles. The number of primary sulfonamides is 1. The van der Waals surface area contributed by atoms with Gasteiger partial charge in [-0.2, -0.15) is 5.10 Å². The van der Waals surface area contributed by atoms with Gasteiger partial charge >= 0.3 is 0 Å². The van der Waals surface area contributed by atoms with E-state index in [9.17, 15) is 8.42 Å². The van der Waals surface area contributed by atoms with E-state index in [4.69, 9.17) is 5.14 Å². The molecule has 0 spiro atoms. The number of aromatic nitrogens is 3. The monoisotopic (exact) mass is 300 g/mol. The van der Waals surface area contributed by atoms with Crippen molar-refractivity contribution >= 4 is 27.3 Å². The van der Waals surface area contributed by atoms with Gasteiger partial charge < -0.3 is 0 Å². The lowest BCUT2D eigenvalue weighted by atomic mass is 10.1. The third-order valence-corrected chi connectivity index (χ3v) is 4.60. The number of hydrogen-bond donors (Lipinski definition) is 1. The van der Waals surface area contributed by atoms with E-state index in [0.29, 0.717) is 11.7 Å². The summed E-state index contributed by atoms with van der Waals surface area (Å²) in [7, 11) is -3.43. The molecule has 0 aromatic carbocycles. The van der Waals surface area contributed by atoms with Crippen LogP contribution in [0.2, 0.25) is 0 Å². The molecule has 2 heterocycles. The zero-order valence-corrected chi connectivity index (χ0v) is 12.4. The molecule has 0 bridgehead atoms. The van der Waals surface area contributed by atoms with Crippen LogP contribution in [0.15, 0.2) is 23.5 Å². The second-order valence-electron chi connectivity index (χ2n) is 4.50. The van der Waals surface area contributed by atoms with Crippen molar-refractivity contribution in [2.45, 2.75) is 24.8 Å². The fourth-order valence-electron chi connectivity index (χ4n) is 1.56. The van der Waals surface area contributed by atoms with Crippen molar-refractivity contribution in [2.75, 3.05) is 11.5 Å². The molecule has 0 radical (unpaired) electrons. The molecule has 8 heteroatoms. The number of thioether (sulfide) groups is 1. The Kier molecular flexibility index (Phi) is 4.12. The molecule has 0 saturated carbocycles. The number of nitrogens with two attached hydrogens (primary N) is 1. The summed E-state index contributed by atoms with van der Waals surface area (Å²) in [5.41, 5.74) is 1.88. The molecule has 0 amide bonds. The second kappa shape index (κ2) is 5.48. The van der Waals surface area contributed by atoms with Gasteiger partial charge in [-0.15, -0.1) is 11.8 Å². The molecule has 2 rings (SSSR count). The number of hydrogen-bond acceptors (Lipinski definition) is 5. The first kappa shape index (κ1) is 14.3. The van der Waals surface area contributed by atoms with Crippen LogP contribution < -0.4 is 5.14 Å². The summed E-state index contributed by atoms with van der Waals surface area (Å²) < 4.78 is 23.6. The summed E-state index contributed by atoms with van der Waals surface area (Å²) >= 11 is 1.37. The molecule has 0 fully saturated rings. The number of rotatable bonds is 5. The van der Waals surface area contributed by atoms with Gasteiger partial charge in [0.1, 0.15) is 5.03 Å². The van der Waals surface area contributed by atoms with Crippen LogP contribution in [0, 0.1) is 0 Å². The van der Waals surface area contributed by atoms with Gasteiger partial charge in [0.2, 0.25) is 10.0 Å². The maximum Gasteiger partial charge on any atom is 0.209 e. The Morgan fingerprint density at radius 1 is 1.47 bits per heavy atom. The van der Waals surface area contributed by atoms with Crippen molar-refractivity contribution in [3.63, 3.8) is 0 Å². The Hall–Kier alpha value is -1.12. The van der Waals surface area contributed by atoms with E-state index < -0.39 is 10.0 Å². The fourth-order valence-corrected chi connectivity index (χ4v) is 3.46. The van der Waals surface area contributed by atoms with E-state index in [1.807, 2.05) is 6.07 Å². The van der Waals surface area contributed by atoms with Crippen molar-refractivity contribution in [1.82, 2.24) is 14.6 Å². The minimum Gasteiger partial charge on any atom is -0.246 e. The molecule has 0 saturated heterocycles. The van der Waals surface area contributed by atoms with Gasteiger partial charge in [0, 0.05) is 18.1 Å². The molecule has 19 heavy (non-hydrogen) atoms. The zero-order chi connectivity index (χ0) is 14.0. The van der Waals surface area contributed by atoms with Gasteiger partial charge in [0.15, 0.2) is 0 Å². The van der Waals surface area contributed by atoms with Crippen molar-refractivity contribution in [3.05, 3.63) is 24.2 Å². The van der Waals surface area contributed by atoms with E-state index >= 15 is 0 Å². The predicted molar refractivity (Wildman–Crippen MR) is 75.8 cm³/mol. The van der Waals surface area contributed by atoms with Gasteiger partial charge in [0.05, 0.1) is 17.0 Å². The fraction of sp³-hybridized carbons (Fsp3) is 0.455. The SMILES string of the molecule is CC(C)c1cc2c(SCCS(N)(=O)=O)nccn2n1. The van der Waals surface area contributed by atoms with Crippen LogP contribution in [0.4, 0.5) is 0 Å². The molecule has 2 aromatic rings. The van der Waals surface area contributed by atoms with Crippen molar-refractivity contribution < 1.29 is 8.42 Å². The normalized spacial score (nSPS) is 12.4. The maximum absolute atomic E-state index is 10.9. The van der Waals surface area contributed by atoms with Crippen LogP contribution in [0.5, 0.6) is 0 Å². The second-order valence-corrected chi connectivity index (χ2v) is 7.32. The van der Waals surface area contributed by atoms with E-state index in [-0.39, 0.29) is 5.75 Å². The van der Waals surface area contributed by atoms with Crippen LogP contribution in [0.25, 0.3) is 5.52 Å². The van der Waals surface area contributed by atoms with E-state index in [2.05, 4.69) is 23.9 Å². The smallest absolute Gasteiger partial charge is 0.209 e. The quantitative estimate of drug-likeness (QED) is 0.839. The Morgan fingerprint density at radius 3 is 2.84 bits per heavy atom. The minimum absolute atomic E-state index is 0.0639. The third-order valence-electron chi connectivity index (χ3n) is 2.57. The summed E-state index contributed by atoms with van der Waals surface area (Å²) in [4.78, 5) is 4.27. The lowest BCUT2D eigenvalue weighted by Gasteiger charge is -2.01. The average Bonchev–Trinajstić information content (AvgIpc) is 2.72. The Bertz CT molecular complexity index is 679. The highest BCUT2D eigenvalue weighted by Gasteiger charge is 2.11. The van der Waals surface area contributed by atoms with Gasteiger partial charge in [0.25, 0.3) is 0 Å². The molecule has 0 unspecified atom stereocenters. The lowest BCUT2D eigenvalue weighted by Crippen LogP contribution is -2.17. The van der Waals surface area contributed by atoms with Crippen LogP contribution in [-0.4, -0.2) is 34.5 Å². The van der Waals surface area contributed by atoms with Crippen LogP contribution in [-0.2, 0) is 10.0 Å². The highest BCUT2D eigenvalue weighted by atomic mass is 32.2. The largest absolute Gasteiger partial charge is 0.246 e. The van der Waals surface area contributed by atoms with Crippen molar-refractivity contribution in [3.8, 4) is 0 Å². The van der Waals surface area contributed by atoms with Crippen LogP contribution in [0.3, 0.4) is 0 Å². The summed E-state index contributed by atoms with van der Waals surface area (Å²) in [6, 6.07) is 1.98.